The molecule has 1 aromatic carbocycles. The first kappa shape index (κ1) is 16.9. The zero-order valence-electron chi connectivity index (χ0n) is 14.3. The Kier molecular flexibility index (Phi) is 5.68. The molecule has 0 aliphatic heterocycles. The molecule has 0 aliphatic carbocycles. The Morgan fingerprint density at radius 1 is 1.13 bits per heavy atom. The molecule has 0 saturated carbocycles. The molecular weight excluding hydrogens is 288 g/mol. The molecule has 2 aromatic rings. The highest BCUT2D eigenvalue weighted by molar-refractivity contribution is 5.93. The second-order valence-electron chi connectivity index (χ2n) is 5.30. The summed E-state index contributed by atoms with van der Waals surface area (Å²) in [6.45, 7) is 9.18. The van der Waals surface area contributed by atoms with Gasteiger partial charge in [0.15, 0.2) is 0 Å². The summed E-state index contributed by atoms with van der Waals surface area (Å²) >= 11 is 0. The van der Waals surface area contributed by atoms with Crippen molar-refractivity contribution in [2.75, 3.05) is 18.4 Å². The van der Waals surface area contributed by atoms with Crippen LogP contribution in [0.5, 0.6) is 0 Å². The van der Waals surface area contributed by atoms with E-state index in [9.17, 15) is 4.79 Å². The minimum absolute atomic E-state index is 0.0627. The molecule has 0 bridgehead atoms. The summed E-state index contributed by atoms with van der Waals surface area (Å²) in [4.78, 5) is 22.9. The Labute approximate surface area is 137 Å². The van der Waals surface area contributed by atoms with Crippen molar-refractivity contribution in [3.05, 3.63) is 47.4 Å². The van der Waals surface area contributed by atoms with Gasteiger partial charge < -0.3 is 10.2 Å². The van der Waals surface area contributed by atoms with Crippen molar-refractivity contribution in [1.82, 2.24) is 14.9 Å². The number of aryl methyl sites for hydroxylation is 2. The van der Waals surface area contributed by atoms with Gasteiger partial charge in [-0.15, -0.1) is 0 Å². The quantitative estimate of drug-likeness (QED) is 0.886. The van der Waals surface area contributed by atoms with E-state index in [1.54, 1.807) is 17.9 Å². The number of hydrogen-bond acceptors (Lipinski definition) is 4. The van der Waals surface area contributed by atoms with Gasteiger partial charge in [0.2, 0.25) is 0 Å². The van der Waals surface area contributed by atoms with Gasteiger partial charge >= 0.3 is 0 Å². The Balaban J connectivity index is 2.32. The molecule has 23 heavy (non-hydrogen) atoms. The van der Waals surface area contributed by atoms with Gasteiger partial charge in [0, 0.05) is 24.8 Å². The molecule has 0 spiro atoms. The highest BCUT2D eigenvalue weighted by atomic mass is 16.2. The number of nitrogens with zero attached hydrogens (tertiary/aromatic N) is 3. The highest BCUT2D eigenvalue weighted by Gasteiger charge is 2.16. The second-order valence-corrected chi connectivity index (χ2v) is 5.30. The number of amides is 1. The standard InChI is InChI=1S/C18H24N4O/c1-5-14-10-8-9-11-15(14)21-17-12-16(19-13(4)20-17)18(23)22(6-2)7-3/h8-12H,5-7H2,1-4H3,(H,19,20,21). The summed E-state index contributed by atoms with van der Waals surface area (Å²) in [5, 5.41) is 3.31. The van der Waals surface area contributed by atoms with E-state index in [1.807, 2.05) is 32.0 Å². The van der Waals surface area contributed by atoms with E-state index in [-0.39, 0.29) is 5.91 Å². The van der Waals surface area contributed by atoms with Gasteiger partial charge in [-0.05, 0) is 38.8 Å². The number of para-hydroxylation sites is 1. The van der Waals surface area contributed by atoms with Crippen LogP contribution in [0, 0.1) is 6.92 Å². The van der Waals surface area contributed by atoms with Gasteiger partial charge in [-0.25, -0.2) is 9.97 Å². The molecule has 0 fully saturated rings. The molecule has 1 aromatic heterocycles. The summed E-state index contributed by atoms with van der Waals surface area (Å²) in [6.07, 6.45) is 0.929. The van der Waals surface area contributed by atoms with Crippen LogP contribution in [0.2, 0.25) is 0 Å². The molecule has 5 heteroatoms. The molecular formula is C18H24N4O. The van der Waals surface area contributed by atoms with E-state index < -0.39 is 0 Å². The fourth-order valence-electron chi connectivity index (χ4n) is 2.50. The molecule has 1 N–H and O–H groups in total. The molecule has 1 amide bonds. The van der Waals surface area contributed by atoms with E-state index in [2.05, 4.69) is 28.3 Å². The summed E-state index contributed by atoms with van der Waals surface area (Å²) in [5.41, 5.74) is 2.65. The number of rotatable bonds is 6. The topological polar surface area (TPSA) is 58.1 Å². The van der Waals surface area contributed by atoms with Crippen LogP contribution in [0.25, 0.3) is 0 Å². The summed E-state index contributed by atoms with van der Waals surface area (Å²) in [6, 6.07) is 9.82. The lowest BCUT2D eigenvalue weighted by molar-refractivity contribution is 0.0766. The van der Waals surface area contributed by atoms with Gasteiger partial charge in [-0.2, -0.15) is 0 Å². The van der Waals surface area contributed by atoms with Crippen LogP contribution < -0.4 is 5.32 Å². The first-order valence-electron chi connectivity index (χ1n) is 8.08. The van der Waals surface area contributed by atoms with Crippen molar-refractivity contribution < 1.29 is 4.79 Å². The van der Waals surface area contributed by atoms with Gasteiger partial charge in [0.1, 0.15) is 17.3 Å². The zero-order valence-corrected chi connectivity index (χ0v) is 14.3. The number of aromatic nitrogens is 2. The fraction of sp³-hybridized carbons (Fsp3) is 0.389. The van der Waals surface area contributed by atoms with Crippen LogP contribution in [0.3, 0.4) is 0 Å². The smallest absolute Gasteiger partial charge is 0.272 e. The van der Waals surface area contributed by atoms with Crippen LogP contribution >= 0.6 is 0 Å². The van der Waals surface area contributed by atoms with Crippen molar-refractivity contribution >= 4 is 17.4 Å². The summed E-state index contributed by atoms with van der Waals surface area (Å²) in [5.74, 6) is 1.17. The van der Waals surface area contributed by atoms with E-state index >= 15 is 0 Å². The predicted octanol–water partition coefficient (Wildman–Crippen LogP) is 3.57. The monoisotopic (exact) mass is 312 g/mol. The van der Waals surface area contributed by atoms with Crippen LogP contribution in [0.1, 0.15) is 42.6 Å². The van der Waals surface area contributed by atoms with Gasteiger partial charge in [-0.3, -0.25) is 4.79 Å². The maximum Gasteiger partial charge on any atom is 0.272 e. The zero-order chi connectivity index (χ0) is 16.8. The van der Waals surface area contributed by atoms with Crippen molar-refractivity contribution in [3.63, 3.8) is 0 Å². The van der Waals surface area contributed by atoms with Crippen molar-refractivity contribution in [2.45, 2.75) is 34.1 Å². The number of benzene rings is 1. The lowest BCUT2D eigenvalue weighted by atomic mass is 10.1. The number of nitrogens with one attached hydrogen (secondary N) is 1. The average molecular weight is 312 g/mol. The average Bonchev–Trinajstić information content (AvgIpc) is 2.56. The van der Waals surface area contributed by atoms with Crippen LogP contribution in [0.15, 0.2) is 30.3 Å². The van der Waals surface area contributed by atoms with Crippen LogP contribution in [-0.4, -0.2) is 33.9 Å². The van der Waals surface area contributed by atoms with E-state index in [4.69, 9.17) is 0 Å². The van der Waals surface area contributed by atoms with Gasteiger partial charge in [-0.1, -0.05) is 25.1 Å². The Hall–Kier alpha value is -2.43. The number of hydrogen-bond donors (Lipinski definition) is 1. The third-order valence-electron chi connectivity index (χ3n) is 3.77. The van der Waals surface area contributed by atoms with Crippen molar-refractivity contribution in [2.24, 2.45) is 0 Å². The number of carbonyl (C=O) groups is 1. The Morgan fingerprint density at radius 2 is 1.83 bits per heavy atom. The molecule has 0 unspecified atom stereocenters. The first-order valence-corrected chi connectivity index (χ1v) is 8.08. The van der Waals surface area contributed by atoms with E-state index in [0.29, 0.717) is 30.4 Å². The molecule has 0 radical (unpaired) electrons. The van der Waals surface area contributed by atoms with Gasteiger partial charge in [0.05, 0.1) is 0 Å². The van der Waals surface area contributed by atoms with Crippen molar-refractivity contribution in [3.8, 4) is 0 Å². The summed E-state index contributed by atoms with van der Waals surface area (Å²) in [7, 11) is 0. The molecule has 2 rings (SSSR count). The number of carbonyl (C=O) groups excluding carboxylic acids is 1. The first-order chi connectivity index (χ1) is 11.1. The SMILES string of the molecule is CCc1ccccc1Nc1cc(C(=O)N(CC)CC)nc(C)n1. The number of anilines is 2. The maximum atomic E-state index is 12.5. The molecule has 1 heterocycles. The molecule has 122 valence electrons. The van der Waals surface area contributed by atoms with Gasteiger partial charge in [0.25, 0.3) is 5.91 Å². The Bertz CT molecular complexity index is 680. The molecule has 0 saturated heterocycles. The minimum Gasteiger partial charge on any atom is -0.340 e. The lowest BCUT2D eigenvalue weighted by Crippen LogP contribution is -2.31. The van der Waals surface area contributed by atoms with E-state index in [0.717, 1.165) is 12.1 Å². The third-order valence-corrected chi connectivity index (χ3v) is 3.77. The molecule has 0 atom stereocenters. The molecule has 0 aliphatic rings. The lowest BCUT2D eigenvalue weighted by Gasteiger charge is -2.18. The second kappa shape index (κ2) is 7.72. The normalized spacial score (nSPS) is 10.4. The predicted molar refractivity (Wildman–Crippen MR) is 93.1 cm³/mol. The van der Waals surface area contributed by atoms with Crippen LogP contribution in [0.4, 0.5) is 11.5 Å². The largest absolute Gasteiger partial charge is 0.340 e. The fourth-order valence-corrected chi connectivity index (χ4v) is 2.50. The Morgan fingerprint density at radius 3 is 2.48 bits per heavy atom. The third kappa shape index (κ3) is 4.06. The van der Waals surface area contributed by atoms with E-state index in [1.165, 1.54) is 5.56 Å². The molecule has 5 nitrogen and oxygen atoms in total. The minimum atomic E-state index is -0.0627. The van der Waals surface area contributed by atoms with Crippen LogP contribution in [-0.2, 0) is 6.42 Å². The highest BCUT2D eigenvalue weighted by Crippen LogP contribution is 2.21. The van der Waals surface area contributed by atoms with Crippen molar-refractivity contribution in [1.29, 1.82) is 0 Å². The maximum absolute atomic E-state index is 12.5. The summed E-state index contributed by atoms with van der Waals surface area (Å²) < 4.78 is 0.